The molecule has 0 saturated heterocycles. The van der Waals surface area contributed by atoms with Crippen LogP contribution in [-0.4, -0.2) is 36.6 Å². The number of hydrogen-bond donors (Lipinski definition) is 2. The number of carboxylic acids is 1. The van der Waals surface area contributed by atoms with Crippen molar-refractivity contribution in [3.8, 4) is 0 Å². The molecule has 0 bridgehead atoms. The van der Waals surface area contributed by atoms with Crippen LogP contribution in [0.4, 0.5) is 0 Å². The fourth-order valence-corrected chi connectivity index (χ4v) is 0.669. The van der Waals surface area contributed by atoms with Crippen molar-refractivity contribution in [2.24, 2.45) is 5.73 Å². The number of hydrogen-bond acceptors (Lipinski definition) is 3. The summed E-state index contributed by atoms with van der Waals surface area (Å²) in [5.41, 5.74) is 6.24. The Kier molecular flexibility index (Phi) is 7.66. The molecule has 0 rings (SSSR count). The van der Waals surface area contributed by atoms with E-state index in [0.717, 1.165) is 6.54 Å². The zero-order valence-corrected chi connectivity index (χ0v) is 9.02. The molecule has 0 aliphatic rings. The average Bonchev–Trinajstić information content (AvgIpc) is 1.98. The highest BCUT2D eigenvalue weighted by Crippen LogP contribution is 2.02. The molecule has 0 amide bonds. The minimum Gasteiger partial charge on any atom is -0.478 e. The topological polar surface area (TPSA) is 66.6 Å². The van der Waals surface area contributed by atoms with Gasteiger partial charge >= 0.3 is 5.97 Å². The second kappa shape index (κ2) is 6.74. The Hall–Kier alpha value is -0.740. The van der Waals surface area contributed by atoms with Gasteiger partial charge in [0, 0.05) is 18.7 Å². The van der Waals surface area contributed by atoms with E-state index in [2.05, 4.69) is 0 Å². The Morgan fingerprint density at radius 3 is 2.23 bits per heavy atom. The van der Waals surface area contributed by atoms with E-state index in [9.17, 15) is 4.79 Å². The number of carbonyl (C=O) groups is 1. The van der Waals surface area contributed by atoms with Crippen molar-refractivity contribution >= 4 is 18.4 Å². The minimum atomic E-state index is -0.939. The van der Waals surface area contributed by atoms with Crippen molar-refractivity contribution in [1.29, 1.82) is 0 Å². The third-order valence-corrected chi connectivity index (χ3v) is 1.63. The number of carboxylic acid groups (broad SMARTS) is 1. The average molecular weight is 209 g/mol. The molecule has 78 valence electrons. The maximum atomic E-state index is 10.4. The van der Waals surface area contributed by atoms with Gasteiger partial charge in [0.25, 0.3) is 0 Å². The quantitative estimate of drug-likeness (QED) is 0.667. The lowest BCUT2D eigenvalue weighted by atomic mass is 10.2. The van der Waals surface area contributed by atoms with Crippen LogP contribution in [0.2, 0.25) is 0 Å². The number of rotatable bonds is 4. The first kappa shape index (κ1) is 14.8. The van der Waals surface area contributed by atoms with Crippen LogP contribution < -0.4 is 5.73 Å². The van der Waals surface area contributed by atoms with Crippen molar-refractivity contribution in [2.75, 3.05) is 20.6 Å². The number of halogens is 1. The summed E-state index contributed by atoms with van der Waals surface area (Å²) in [6, 6.07) is 0. The summed E-state index contributed by atoms with van der Waals surface area (Å²) in [5.74, 6) is -0.939. The lowest BCUT2D eigenvalue weighted by Gasteiger charge is -2.09. The molecule has 0 heterocycles. The van der Waals surface area contributed by atoms with E-state index in [1.165, 1.54) is 6.92 Å². The van der Waals surface area contributed by atoms with Gasteiger partial charge in [-0.25, -0.2) is 4.79 Å². The second-order valence-electron chi connectivity index (χ2n) is 3.01. The van der Waals surface area contributed by atoms with E-state index >= 15 is 0 Å². The number of nitrogens with two attached hydrogens (primary N) is 1. The lowest BCUT2D eigenvalue weighted by Crippen LogP contribution is -2.17. The van der Waals surface area contributed by atoms with Gasteiger partial charge in [0.1, 0.15) is 0 Å². The Balaban J connectivity index is 0. The van der Waals surface area contributed by atoms with E-state index in [0.29, 0.717) is 12.1 Å². The molecule has 0 unspecified atom stereocenters. The van der Waals surface area contributed by atoms with Crippen LogP contribution in [0.25, 0.3) is 0 Å². The van der Waals surface area contributed by atoms with Crippen LogP contribution in [0.5, 0.6) is 0 Å². The van der Waals surface area contributed by atoms with Gasteiger partial charge in [0.05, 0.1) is 5.57 Å². The Bertz CT molecular complexity index is 202. The highest BCUT2D eigenvalue weighted by atomic mass is 35.5. The van der Waals surface area contributed by atoms with Gasteiger partial charge in [0.2, 0.25) is 0 Å². The van der Waals surface area contributed by atoms with E-state index in [4.69, 9.17) is 10.8 Å². The lowest BCUT2D eigenvalue weighted by molar-refractivity contribution is -0.132. The van der Waals surface area contributed by atoms with Crippen molar-refractivity contribution in [3.63, 3.8) is 0 Å². The van der Waals surface area contributed by atoms with Crippen molar-refractivity contribution < 1.29 is 9.90 Å². The number of aliphatic carboxylic acids is 1. The van der Waals surface area contributed by atoms with Gasteiger partial charge in [-0.3, -0.25) is 0 Å². The summed E-state index contributed by atoms with van der Waals surface area (Å²) in [4.78, 5) is 12.4. The smallest absolute Gasteiger partial charge is 0.333 e. The fraction of sp³-hybridized carbons (Fsp3) is 0.625. The molecule has 0 aromatic carbocycles. The molecule has 0 aliphatic carbocycles. The zero-order chi connectivity index (χ0) is 9.72. The molecule has 0 aromatic rings. The molecule has 0 aliphatic heterocycles. The summed E-state index contributed by atoms with van der Waals surface area (Å²) in [7, 11) is 3.84. The van der Waals surface area contributed by atoms with Gasteiger partial charge in [-0.1, -0.05) is 0 Å². The third kappa shape index (κ3) is 6.42. The molecular weight excluding hydrogens is 192 g/mol. The summed E-state index contributed by atoms with van der Waals surface area (Å²) >= 11 is 0. The van der Waals surface area contributed by atoms with Crippen molar-refractivity contribution in [1.82, 2.24) is 4.90 Å². The van der Waals surface area contributed by atoms with E-state index in [1.54, 1.807) is 0 Å². The molecule has 3 N–H and O–H groups in total. The minimum absolute atomic E-state index is 0. The Morgan fingerprint density at radius 1 is 1.46 bits per heavy atom. The molecule has 0 saturated carbocycles. The van der Waals surface area contributed by atoms with E-state index in [1.807, 2.05) is 19.0 Å². The predicted molar refractivity (Wildman–Crippen MR) is 54.9 cm³/mol. The molecule has 0 aromatic heterocycles. The van der Waals surface area contributed by atoms with Gasteiger partial charge in [-0.2, -0.15) is 0 Å². The van der Waals surface area contributed by atoms with Crippen LogP contribution in [0.1, 0.15) is 13.3 Å². The molecule has 5 heteroatoms. The first-order valence-electron chi connectivity index (χ1n) is 3.78. The Labute approximate surface area is 84.8 Å². The van der Waals surface area contributed by atoms with Crippen LogP contribution in [0, 0.1) is 0 Å². The molecule has 0 radical (unpaired) electrons. The van der Waals surface area contributed by atoms with Gasteiger partial charge < -0.3 is 15.7 Å². The highest BCUT2D eigenvalue weighted by Gasteiger charge is 2.05. The molecule has 4 nitrogen and oxygen atoms in total. The van der Waals surface area contributed by atoms with Gasteiger partial charge in [0.15, 0.2) is 0 Å². The van der Waals surface area contributed by atoms with Crippen LogP contribution in [0.3, 0.4) is 0 Å². The largest absolute Gasteiger partial charge is 0.478 e. The predicted octanol–water partition coefficient (Wildman–Crippen LogP) is 0.677. The number of nitrogens with zero attached hydrogens (tertiary/aromatic N) is 1. The normalized spacial score (nSPS) is 12.0. The SMILES string of the molecule is CC(C(=O)O)=C(N)CCN(C)C.Cl. The van der Waals surface area contributed by atoms with Crippen LogP contribution in [0.15, 0.2) is 11.3 Å². The Morgan fingerprint density at radius 2 is 1.92 bits per heavy atom. The first-order valence-corrected chi connectivity index (χ1v) is 3.78. The van der Waals surface area contributed by atoms with Crippen molar-refractivity contribution in [2.45, 2.75) is 13.3 Å². The summed E-state index contributed by atoms with van der Waals surface area (Å²) in [6.07, 6.45) is 0.602. The van der Waals surface area contributed by atoms with Crippen molar-refractivity contribution in [3.05, 3.63) is 11.3 Å². The summed E-state index contributed by atoms with van der Waals surface area (Å²) in [6.45, 7) is 2.30. The summed E-state index contributed by atoms with van der Waals surface area (Å²) in [5, 5.41) is 8.57. The zero-order valence-electron chi connectivity index (χ0n) is 8.20. The van der Waals surface area contributed by atoms with Crippen LogP contribution in [-0.2, 0) is 4.79 Å². The molecule has 0 atom stereocenters. The van der Waals surface area contributed by atoms with Gasteiger partial charge in [-0.05, 0) is 21.0 Å². The van der Waals surface area contributed by atoms with E-state index < -0.39 is 5.97 Å². The maximum Gasteiger partial charge on any atom is 0.333 e. The first-order chi connectivity index (χ1) is 5.45. The molecule has 0 spiro atoms. The third-order valence-electron chi connectivity index (χ3n) is 1.63. The van der Waals surface area contributed by atoms with E-state index in [-0.39, 0.29) is 18.0 Å². The van der Waals surface area contributed by atoms with Gasteiger partial charge in [-0.15, -0.1) is 12.4 Å². The highest BCUT2D eigenvalue weighted by molar-refractivity contribution is 5.86. The fourth-order valence-electron chi connectivity index (χ4n) is 0.669. The maximum absolute atomic E-state index is 10.4. The van der Waals surface area contributed by atoms with Crippen LogP contribution >= 0.6 is 12.4 Å². The monoisotopic (exact) mass is 208 g/mol. The standard InChI is InChI=1S/C8H16N2O2.ClH/c1-6(8(11)12)7(9)4-5-10(2)3;/h4-5,9H2,1-3H3,(H,11,12);1H. The second-order valence-corrected chi connectivity index (χ2v) is 3.01. The molecule has 0 fully saturated rings. The molecular formula is C8H17ClN2O2. The summed E-state index contributed by atoms with van der Waals surface area (Å²) < 4.78 is 0. The molecule has 13 heavy (non-hydrogen) atoms.